The fraction of sp³-hybridized carbons (Fsp3) is 0.400. The Kier molecular flexibility index (Phi) is 4.16. The minimum atomic E-state index is -2.79. The topological polar surface area (TPSA) is 59.4 Å². The van der Waals surface area contributed by atoms with E-state index < -0.39 is 23.7 Å². The summed E-state index contributed by atoms with van der Waals surface area (Å²) >= 11 is 0. The quantitative estimate of drug-likeness (QED) is 0.803. The van der Waals surface area contributed by atoms with Gasteiger partial charge in [0.05, 0.1) is 19.2 Å². The lowest BCUT2D eigenvalue weighted by Gasteiger charge is -2.09. The van der Waals surface area contributed by atoms with E-state index in [0.717, 1.165) is 12.4 Å². The SMILES string of the molecule is CCOC(=O)Cc1c(O)cncc1C(F)F. The predicted molar refractivity (Wildman–Crippen MR) is 51.2 cm³/mol. The van der Waals surface area contributed by atoms with Gasteiger partial charge < -0.3 is 9.84 Å². The van der Waals surface area contributed by atoms with E-state index in [1.54, 1.807) is 6.92 Å². The zero-order valence-electron chi connectivity index (χ0n) is 8.61. The zero-order chi connectivity index (χ0) is 12.1. The normalized spacial score (nSPS) is 10.5. The van der Waals surface area contributed by atoms with Crippen molar-refractivity contribution in [2.24, 2.45) is 0 Å². The molecule has 0 aliphatic carbocycles. The molecule has 1 aromatic heterocycles. The maximum Gasteiger partial charge on any atom is 0.310 e. The molecule has 1 heterocycles. The standard InChI is InChI=1S/C10H11F2NO3/c1-2-16-9(15)3-6-7(10(11)12)4-13-5-8(6)14/h4-5,10,14H,2-3H2,1H3. The van der Waals surface area contributed by atoms with E-state index in [-0.39, 0.29) is 18.6 Å². The highest BCUT2D eigenvalue weighted by molar-refractivity contribution is 5.74. The number of pyridine rings is 1. The number of hydrogen-bond donors (Lipinski definition) is 1. The van der Waals surface area contributed by atoms with Crippen LogP contribution in [0, 0.1) is 0 Å². The number of nitrogens with zero attached hydrogens (tertiary/aromatic N) is 1. The van der Waals surface area contributed by atoms with Gasteiger partial charge in [0.2, 0.25) is 0 Å². The van der Waals surface area contributed by atoms with Crippen LogP contribution in [0.4, 0.5) is 8.78 Å². The van der Waals surface area contributed by atoms with Crippen LogP contribution in [0.15, 0.2) is 12.4 Å². The Bertz CT molecular complexity index is 382. The number of aromatic hydroxyl groups is 1. The highest BCUT2D eigenvalue weighted by Gasteiger charge is 2.19. The van der Waals surface area contributed by atoms with E-state index in [1.165, 1.54) is 0 Å². The largest absolute Gasteiger partial charge is 0.506 e. The van der Waals surface area contributed by atoms with Gasteiger partial charge in [-0.1, -0.05) is 0 Å². The fourth-order valence-corrected chi connectivity index (χ4v) is 1.23. The Balaban J connectivity index is 2.97. The molecule has 0 atom stereocenters. The number of carbonyl (C=O) groups is 1. The zero-order valence-corrected chi connectivity index (χ0v) is 8.61. The molecule has 88 valence electrons. The number of hydrogen-bond acceptors (Lipinski definition) is 4. The van der Waals surface area contributed by atoms with E-state index >= 15 is 0 Å². The molecule has 1 rings (SSSR count). The molecule has 16 heavy (non-hydrogen) atoms. The van der Waals surface area contributed by atoms with Gasteiger partial charge in [-0.2, -0.15) is 0 Å². The minimum absolute atomic E-state index is 0.136. The van der Waals surface area contributed by atoms with Gasteiger partial charge in [0.1, 0.15) is 5.75 Å². The summed E-state index contributed by atoms with van der Waals surface area (Å²) in [6.07, 6.45) is -1.23. The van der Waals surface area contributed by atoms with Crippen molar-refractivity contribution < 1.29 is 23.4 Å². The monoisotopic (exact) mass is 231 g/mol. The molecule has 0 aliphatic rings. The molecule has 1 aromatic rings. The third-order valence-electron chi connectivity index (χ3n) is 1.93. The number of alkyl halides is 2. The summed E-state index contributed by atoms with van der Waals surface area (Å²) < 4.78 is 29.7. The van der Waals surface area contributed by atoms with Crippen LogP contribution in [-0.2, 0) is 16.0 Å². The van der Waals surface area contributed by atoms with Gasteiger partial charge in [-0.05, 0) is 6.92 Å². The van der Waals surface area contributed by atoms with Crippen molar-refractivity contribution >= 4 is 5.97 Å². The maximum atomic E-state index is 12.5. The van der Waals surface area contributed by atoms with Gasteiger partial charge in [0, 0.05) is 17.3 Å². The van der Waals surface area contributed by atoms with Crippen molar-refractivity contribution in [3.8, 4) is 5.75 Å². The molecule has 0 saturated heterocycles. The number of aromatic nitrogens is 1. The Morgan fingerprint density at radius 2 is 2.25 bits per heavy atom. The van der Waals surface area contributed by atoms with Gasteiger partial charge in [-0.3, -0.25) is 9.78 Å². The molecule has 0 spiro atoms. The first kappa shape index (κ1) is 12.4. The second kappa shape index (κ2) is 5.39. The first-order valence-corrected chi connectivity index (χ1v) is 4.65. The summed E-state index contributed by atoms with van der Waals surface area (Å²) in [4.78, 5) is 14.6. The van der Waals surface area contributed by atoms with Gasteiger partial charge >= 0.3 is 5.97 Å². The molecule has 1 N–H and O–H groups in total. The second-order valence-corrected chi connectivity index (χ2v) is 3.01. The van der Waals surface area contributed by atoms with Crippen LogP contribution >= 0.6 is 0 Å². The number of ether oxygens (including phenoxy) is 1. The number of carbonyl (C=O) groups excluding carboxylic acids is 1. The van der Waals surface area contributed by atoms with E-state index in [0.29, 0.717) is 0 Å². The van der Waals surface area contributed by atoms with Crippen molar-refractivity contribution in [2.75, 3.05) is 6.61 Å². The first-order chi connectivity index (χ1) is 7.56. The average molecular weight is 231 g/mol. The highest BCUT2D eigenvalue weighted by Crippen LogP contribution is 2.28. The van der Waals surface area contributed by atoms with Crippen LogP contribution in [0.25, 0.3) is 0 Å². The average Bonchev–Trinajstić information content (AvgIpc) is 2.21. The molecule has 0 bridgehead atoms. The minimum Gasteiger partial charge on any atom is -0.506 e. The third kappa shape index (κ3) is 2.88. The third-order valence-corrected chi connectivity index (χ3v) is 1.93. The van der Waals surface area contributed by atoms with Gasteiger partial charge in [-0.15, -0.1) is 0 Å². The summed E-state index contributed by atoms with van der Waals surface area (Å²) in [6.45, 7) is 1.77. The van der Waals surface area contributed by atoms with Crippen molar-refractivity contribution in [3.05, 3.63) is 23.5 Å². The lowest BCUT2D eigenvalue weighted by atomic mass is 10.1. The molecule has 6 heteroatoms. The van der Waals surface area contributed by atoms with Crippen molar-refractivity contribution in [1.29, 1.82) is 0 Å². The van der Waals surface area contributed by atoms with Gasteiger partial charge in [-0.25, -0.2) is 8.78 Å². The van der Waals surface area contributed by atoms with Crippen molar-refractivity contribution in [3.63, 3.8) is 0 Å². The van der Waals surface area contributed by atoms with Gasteiger partial charge in [0.15, 0.2) is 0 Å². The summed E-state index contributed by atoms with van der Waals surface area (Å²) in [7, 11) is 0. The molecule has 0 fully saturated rings. The predicted octanol–water partition coefficient (Wildman–Crippen LogP) is 1.83. The molecule has 0 unspecified atom stereocenters. The van der Waals surface area contributed by atoms with Crippen LogP contribution in [0.3, 0.4) is 0 Å². The van der Waals surface area contributed by atoms with Crippen LogP contribution in [0.1, 0.15) is 24.5 Å². The molecule has 0 radical (unpaired) electrons. The van der Waals surface area contributed by atoms with E-state index in [4.69, 9.17) is 0 Å². The van der Waals surface area contributed by atoms with Crippen LogP contribution < -0.4 is 0 Å². The summed E-state index contributed by atoms with van der Waals surface area (Å²) in [5.74, 6) is -1.09. The summed E-state index contributed by atoms with van der Waals surface area (Å²) in [5, 5.41) is 9.35. The fourth-order valence-electron chi connectivity index (χ4n) is 1.23. The Morgan fingerprint density at radius 1 is 1.56 bits per heavy atom. The molecular formula is C10H11F2NO3. The molecule has 0 aromatic carbocycles. The van der Waals surface area contributed by atoms with E-state index in [2.05, 4.69) is 9.72 Å². The number of esters is 1. The number of halogens is 2. The second-order valence-electron chi connectivity index (χ2n) is 3.01. The highest BCUT2D eigenvalue weighted by atomic mass is 19.3. The molecule has 0 saturated carbocycles. The molecular weight excluding hydrogens is 220 g/mol. The lowest BCUT2D eigenvalue weighted by molar-refractivity contribution is -0.142. The Labute approximate surface area is 90.9 Å². The van der Waals surface area contributed by atoms with E-state index in [9.17, 15) is 18.7 Å². The van der Waals surface area contributed by atoms with Crippen molar-refractivity contribution in [1.82, 2.24) is 4.98 Å². The molecule has 0 aliphatic heterocycles. The van der Waals surface area contributed by atoms with Gasteiger partial charge in [0.25, 0.3) is 6.43 Å². The maximum absolute atomic E-state index is 12.5. The van der Waals surface area contributed by atoms with Crippen LogP contribution in [0.5, 0.6) is 5.75 Å². The summed E-state index contributed by atoms with van der Waals surface area (Å²) in [6, 6.07) is 0. The molecule has 0 amide bonds. The summed E-state index contributed by atoms with van der Waals surface area (Å²) in [5.41, 5.74) is -0.587. The first-order valence-electron chi connectivity index (χ1n) is 4.65. The smallest absolute Gasteiger partial charge is 0.310 e. The Hall–Kier alpha value is -1.72. The van der Waals surface area contributed by atoms with Crippen LogP contribution in [0.2, 0.25) is 0 Å². The Morgan fingerprint density at radius 3 is 2.81 bits per heavy atom. The van der Waals surface area contributed by atoms with Crippen molar-refractivity contribution in [2.45, 2.75) is 19.8 Å². The lowest BCUT2D eigenvalue weighted by Crippen LogP contribution is -2.10. The van der Waals surface area contributed by atoms with E-state index in [1.807, 2.05) is 0 Å². The number of rotatable bonds is 4. The van der Waals surface area contributed by atoms with Crippen LogP contribution in [-0.4, -0.2) is 22.7 Å². The molecule has 4 nitrogen and oxygen atoms in total.